The average molecular weight is 334 g/mol. The SMILES string of the molecule is O=[N+]([O-])c1ccc(-c2cc(-c3ccc(C(F)(F)F)cc3)on2)cc1. The Morgan fingerprint density at radius 3 is 2.08 bits per heavy atom. The number of non-ortho nitro benzene ring substituents is 1. The molecule has 1 aromatic heterocycles. The Bertz CT molecular complexity index is 869. The summed E-state index contributed by atoms with van der Waals surface area (Å²) in [5, 5.41) is 14.5. The first-order chi connectivity index (χ1) is 11.3. The van der Waals surface area contributed by atoms with E-state index in [1.165, 1.54) is 36.4 Å². The van der Waals surface area contributed by atoms with Crippen LogP contribution >= 0.6 is 0 Å². The Balaban J connectivity index is 1.86. The third kappa shape index (κ3) is 3.12. The Kier molecular flexibility index (Phi) is 3.80. The number of rotatable bonds is 3. The number of nitro groups is 1. The summed E-state index contributed by atoms with van der Waals surface area (Å²) < 4.78 is 42.8. The molecule has 0 amide bonds. The fourth-order valence-corrected chi connectivity index (χ4v) is 2.12. The molecule has 5 nitrogen and oxygen atoms in total. The molecule has 3 rings (SSSR count). The monoisotopic (exact) mass is 334 g/mol. The first-order valence-corrected chi connectivity index (χ1v) is 6.74. The highest BCUT2D eigenvalue weighted by Crippen LogP contribution is 2.32. The van der Waals surface area contributed by atoms with Crippen LogP contribution in [0, 0.1) is 10.1 Å². The van der Waals surface area contributed by atoms with E-state index < -0.39 is 16.7 Å². The quantitative estimate of drug-likeness (QED) is 0.503. The molecule has 0 N–H and O–H groups in total. The van der Waals surface area contributed by atoms with Crippen LogP contribution in [0.15, 0.2) is 59.1 Å². The minimum Gasteiger partial charge on any atom is -0.356 e. The van der Waals surface area contributed by atoms with Crippen molar-refractivity contribution in [2.24, 2.45) is 0 Å². The largest absolute Gasteiger partial charge is 0.416 e. The van der Waals surface area contributed by atoms with E-state index in [0.717, 1.165) is 12.1 Å². The second-order valence-corrected chi connectivity index (χ2v) is 4.96. The Labute approximate surface area is 133 Å². The summed E-state index contributed by atoms with van der Waals surface area (Å²) in [6, 6.07) is 11.8. The zero-order valence-corrected chi connectivity index (χ0v) is 11.9. The fourth-order valence-electron chi connectivity index (χ4n) is 2.12. The standard InChI is InChI=1S/C16H9F3N2O3/c17-16(18,19)12-5-1-11(2-6-12)15-9-14(20-24-15)10-3-7-13(8-4-10)21(22)23/h1-9H. The van der Waals surface area contributed by atoms with Crippen molar-refractivity contribution in [3.8, 4) is 22.6 Å². The molecule has 2 aromatic carbocycles. The van der Waals surface area contributed by atoms with Crippen LogP contribution in [0.25, 0.3) is 22.6 Å². The second-order valence-electron chi connectivity index (χ2n) is 4.96. The van der Waals surface area contributed by atoms with Gasteiger partial charge in [-0.15, -0.1) is 0 Å². The van der Waals surface area contributed by atoms with Gasteiger partial charge in [-0.1, -0.05) is 17.3 Å². The van der Waals surface area contributed by atoms with Crippen LogP contribution in [0.3, 0.4) is 0 Å². The number of nitro benzene ring substituents is 1. The number of hydrogen-bond donors (Lipinski definition) is 0. The molecular formula is C16H9F3N2O3. The minimum absolute atomic E-state index is 0.0507. The van der Waals surface area contributed by atoms with Gasteiger partial charge in [0.25, 0.3) is 5.69 Å². The Morgan fingerprint density at radius 2 is 1.54 bits per heavy atom. The number of hydrogen-bond acceptors (Lipinski definition) is 4. The van der Waals surface area contributed by atoms with Crippen molar-refractivity contribution in [2.75, 3.05) is 0 Å². The molecule has 122 valence electrons. The van der Waals surface area contributed by atoms with Crippen molar-refractivity contribution in [2.45, 2.75) is 6.18 Å². The fraction of sp³-hybridized carbons (Fsp3) is 0.0625. The highest BCUT2D eigenvalue weighted by atomic mass is 19.4. The normalized spacial score (nSPS) is 11.5. The summed E-state index contributed by atoms with van der Waals surface area (Å²) in [6.07, 6.45) is -4.40. The number of alkyl halides is 3. The van der Waals surface area contributed by atoms with Crippen molar-refractivity contribution in [3.63, 3.8) is 0 Å². The van der Waals surface area contributed by atoms with E-state index in [4.69, 9.17) is 4.52 Å². The van der Waals surface area contributed by atoms with Crippen molar-refractivity contribution in [1.82, 2.24) is 5.16 Å². The van der Waals surface area contributed by atoms with Gasteiger partial charge in [0.1, 0.15) is 5.69 Å². The molecular weight excluding hydrogens is 325 g/mol. The van der Waals surface area contributed by atoms with Crippen LogP contribution in [0.1, 0.15) is 5.56 Å². The molecule has 0 spiro atoms. The van der Waals surface area contributed by atoms with E-state index in [0.29, 0.717) is 22.6 Å². The van der Waals surface area contributed by atoms with Gasteiger partial charge in [-0.25, -0.2) is 0 Å². The van der Waals surface area contributed by atoms with Gasteiger partial charge in [0.15, 0.2) is 5.76 Å². The first kappa shape index (κ1) is 15.7. The summed E-state index contributed by atoms with van der Waals surface area (Å²) in [6.45, 7) is 0. The molecule has 0 aliphatic carbocycles. The van der Waals surface area contributed by atoms with Gasteiger partial charge < -0.3 is 4.52 Å². The topological polar surface area (TPSA) is 69.2 Å². The maximum absolute atomic E-state index is 12.6. The maximum atomic E-state index is 12.6. The lowest BCUT2D eigenvalue weighted by atomic mass is 10.1. The molecule has 0 bridgehead atoms. The highest BCUT2D eigenvalue weighted by molar-refractivity contribution is 5.67. The number of nitrogens with zero attached hydrogens (tertiary/aromatic N) is 2. The van der Waals surface area contributed by atoms with Crippen molar-refractivity contribution >= 4 is 5.69 Å². The molecule has 8 heteroatoms. The summed E-state index contributed by atoms with van der Waals surface area (Å²) in [7, 11) is 0. The van der Waals surface area contributed by atoms with Gasteiger partial charge >= 0.3 is 6.18 Å². The third-order valence-electron chi connectivity index (χ3n) is 3.38. The lowest BCUT2D eigenvalue weighted by Gasteiger charge is -2.06. The third-order valence-corrected chi connectivity index (χ3v) is 3.38. The number of aromatic nitrogens is 1. The van der Waals surface area contributed by atoms with Crippen LogP contribution in [0.5, 0.6) is 0 Å². The Hall–Kier alpha value is -3.16. The number of halogens is 3. The van der Waals surface area contributed by atoms with Crippen LogP contribution in [-0.2, 0) is 6.18 Å². The maximum Gasteiger partial charge on any atom is 0.416 e. The first-order valence-electron chi connectivity index (χ1n) is 6.74. The van der Waals surface area contributed by atoms with Crippen LogP contribution in [0.4, 0.5) is 18.9 Å². The summed E-state index contributed by atoms with van der Waals surface area (Å²) >= 11 is 0. The van der Waals surface area contributed by atoms with E-state index in [-0.39, 0.29) is 5.69 Å². The molecule has 0 fully saturated rings. The predicted octanol–water partition coefficient (Wildman–Crippen LogP) is 4.94. The zero-order chi connectivity index (χ0) is 17.3. The van der Waals surface area contributed by atoms with E-state index >= 15 is 0 Å². The molecule has 3 aromatic rings. The molecule has 0 saturated carbocycles. The molecule has 0 atom stereocenters. The van der Waals surface area contributed by atoms with E-state index in [1.807, 2.05) is 0 Å². The molecule has 0 aliphatic rings. The van der Waals surface area contributed by atoms with Gasteiger partial charge in [-0.2, -0.15) is 13.2 Å². The molecule has 0 aliphatic heterocycles. The van der Waals surface area contributed by atoms with Crippen LogP contribution in [0.2, 0.25) is 0 Å². The Morgan fingerprint density at radius 1 is 0.958 bits per heavy atom. The smallest absolute Gasteiger partial charge is 0.356 e. The summed E-state index contributed by atoms with van der Waals surface area (Å²) in [5.74, 6) is 0.303. The number of benzene rings is 2. The molecule has 0 radical (unpaired) electrons. The van der Waals surface area contributed by atoms with E-state index in [1.54, 1.807) is 6.07 Å². The lowest BCUT2D eigenvalue weighted by Crippen LogP contribution is -2.03. The van der Waals surface area contributed by atoms with Gasteiger partial charge in [0.05, 0.1) is 10.5 Å². The summed E-state index contributed by atoms with van der Waals surface area (Å²) in [4.78, 5) is 10.1. The molecule has 1 heterocycles. The van der Waals surface area contributed by atoms with Crippen molar-refractivity contribution in [3.05, 3.63) is 70.3 Å². The predicted molar refractivity (Wildman–Crippen MR) is 79.0 cm³/mol. The van der Waals surface area contributed by atoms with E-state index in [9.17, 15) is 23.3 Å². The van der Waals surface area contributed by atoms with Gasteiger partial charge in [0, 0.05) is 29.3 Å². The lowest BCUT2D eigenvalue weighted by molar-refractivity contribution is -0.384. The molecule has 0 saturated heterocycles. The van der Waals surface area contributed by atoms with Crippen LogP contribution < -0.4 is 0 Å². The minimum atomic E-state index is -4.40. The average Bonchev–Trinajstić information content (AvgIpc) is 3.04. The zero-order valence-electron chi connectivity index (χ0n) is 11.9. The second kappa shape index (κ2) is 5.80. The van der Waals surface area contributed by atoms with Gasteiger partial charge in [-0.05, 0) is 24.3 Å². The molecule has 0 unspecified atom stereocenters. The van der Waals surface area contributed by atoms with Gasteiger partial charge in [-0.3, -0.25) is 10.1 Å². The molecule has 24 heavy (non-hydrogen) atoms. The van der Waals surface area contributed by atoms with Crippen molar-refractivity contribution < 1.29 is 22.6 Å². The van der Waals surface area contributed by atoms with E-state index in [2.05, 4.69) is 5.16 Å². The van der Waals surface area contributed by atoms with Crippen LogP contribution in [-0.4, -0.2) is 10.1 Å². The van der Waals surface area contributed by atoms with Crippen molar-refractivity contribution in [1.29, 1.82) is 0 Å². The van der Waals surface area contributed by atoms with Gasteiger partial charge in [0.2, 0.25) is 0 Å². The summed E-state index contributed by atoms with van der Waals surface area (Å²) in [5.41, 5.74) is 0.678. The highest BCUT2D eigenvalue weighted by Gasteiger charge is 2.30.